The number of pyridine rings is 1. The molecule has 4 N–H and O–H groups in total. The molecule has 0 bridgehead atoms. The highest BCUT2D eigenvalue weighted by Gasteiger charge is 2.29. The largest absolute Gasteiger partial charge is 0.478 e. The highest BCUT2D eigenvalue weighted by Crippen LogP contribution is 2.33. The van der Waals surface area contributed by atoms with E-state index in [1.165, 1.54) is 18.3 Å². The number of carboxylic acid groups (broad SMARTS) is 1. The molecule has 180 valence electrons. The molecule has 0 atom stereocenters. The Morgan fingerprint density at radius 2 is 1.74 bits per heavy atom. The zero-order chi connectivity index (χ0) is 25.7. The van der Waals surface area contributed by atoms with Gasteiger partial charge in [-0.05, 0) is 24.3 Å². The first-order valence-electron chi connectivity index (χ1n) is 9.41. The maximum absolute atomic E-state index is 15.3. The number of aromatic nitrogens is 2. The fraction of sp³-hybridized carbons (Fsp3) is 0. The first-order chi connectivity index (χ1) is 16.4. The number of rotatable bonds is 6. The number of aromatic carboxylic acids is 1. The number of nitrogens with zero attached hydrogens (tertiary/aromatic N) is 2. The molecule has 1 amide bonds. The summed E-state index contributed by atoms with van der Waals surface area (Å²) < 4.78 is 85.7. The Balaban J connectivity index is 1.97. The van der Waals surface area contributed by atoms with Gasteiger partial charge in [-0.3, -0.25) is 14.1 Å². The Hall–Kier alpha value is -4.46. The number of nitrogens with two attached hydrogens (primary N) is 1. The standard InChI is InChI=1S/C21H12F4N4O5S/c22-11-1-2-15(12(23)6-11)35(33,34)28-18-14(7-13(24)16(17(18)25)19(26)30)29-4-3-9-5-10(21(31)32)8-27-20(9)29/h1-8,28H,(H2,26,30)(H,31,32). The molecule has 35 heavy (non-hydrogen) atoms. The van der Waals surface area contributed by atoms with Gasteiger partial charge in [0.1, 0.15) is 39.2 Å². The third-order valence-corrected chi connectivity index (χ3v) is 6.28. The number of hydrogen-bond acceptors (Lipinski definition) is 5. The molecule has 2 aromatic heterocycles. The lowest BCUT2D eigenvalue weighted by Crippen LogP contribution is -2.22. The van der Waals surface area contributed by atoms with E-state index in [0.29, 0.717) is 18.2 Å². The number of sulfonamides is 1. The van der Waals surface area contributed by atoms with Gasteiger partial charge in [0.05, 0.1) is 11.3 Å². The van der Waals surface area contributed by atoms with E-state index in [1.807, 2.05) is 0 Å². The Morgan fingerprint density at radius 1 is 1.03 bits per heavy atom. The summed E-state index contributed by atoms with van der Waals surface area (Å²) in [6, 6.07) is 4.66. The summed E-state index contributed by atoms with van der Waals surface area (Å²) >= 11 is 0. The van der Waals surface area contributed by atoms with Gasteiger partial charge in [0.25, 0.3) is 15.9 Å². The number of anilines is 1. The van der Waals surface area contributed by atoms with Crippen molar-refractivity contribution in [2.75, 3.05) is 4.72 Å². The fourth-order valence-electron chi connectivity index (χ4n) is 3.34. The normalized spacial score (nSPS) is 11.5. The predicted molar refractivity (Wildman–Crippen MR) is 114 cm³/mol. The summed E-state index contributed by atoms with van der Waals surface area (Å²) in [5, 5.41) is 9.33. The molecule has 0 unspecified atom stereocenters. The maximum Gasteiger partial charge on any atom is 0.337 e. The average Bonchev–Trinajstić information content (AvgIpc) is 3.18. The van der Waals surface area contributed by atoms with E-state index in [-0.39, 0.29) is 22.7 Å². The summed E-state index contributed by atoms with van der Waals surface area (Å²) in [6.45, 7) is 0. The highest BCUT2D eigenvalue weighted by molar-refractivity contribution is 7.92. The molecule has 0 saturated heterocycles. The van der Waals surface area contributed by atoms with Gasteiger partial charge in [-0.1, -0.05) is 0 Å². The monoisotopic (exact) mass is 508 g/mol. The van der Waals surface area contributed by atoms with Crippen LogP contribution in [0.3, 0.4) is 0 Å². The van der Waals surface area contributed by atoms with Crippen LogP contribution in [0.4, 0.5) is 23.2 Å². The van der Waals surface area contributed by atoms with Gasteiger partial charge in [-0.15, -0.1) is 0 Å². The van der Waals surface area contributed by atoms with Gasteiger partial charge >= 0.3 is 5.97 Å². The van der Waals surface area contributed by atoms with Crippen LogP contribution >= 0.6 is 0 Å². The second kappa shape index (κ2) is 8.39. The van der Waals surface area contributed by atoms with Crippen molar-refractivity contribution in [3.8, 4) is 5.69 Å². The van der Waals surface area contributed by atoms with E-state index >= 15 is 4.39 Å². The van der Waals surface area contributed by atoms with Crippen molar-refractivity contribution in [3.63, 3.8) is 0 Å². The lowest BCUT2D eigenvalue weighted by atomic mass is 10.1. The van der Waals surface area contributed by atoms with E-state index < -0.39 is 67.0 Å². The molecule has 2 heterocycles. The Bertz CT molecular complexity index is 1650. The maximum atomic E-state index is 15.3. The van der Waals surface area contributed by atoms with Crippen LogP contribution < -0.4 is 10.5 Å². The minimum atomic E-state index is -4.94. The number of amides is 1. The number of nitrogens with one attached hydrogen (secondary N) is 1. The average molecular weight is 508 g/mol. The third-order valence-electron chi connectivity index (χ3n) is 4.90. The van der Waals surface area contributed by atoms with Gasteiger partial charge in [-0.25, -0.2) is 35.8 Å². The minimum Gasteiger partial charge on any atom is -0.478 e. The van der Waals surface area contributed by atoms with Crippen molar-refractivity contribution in [1.29, 1.82) is 0 Å². The number of carbonyl (C=O) groups excluding carboxylic acids is 1. The van der Waals surface area contributed by atoms with Crippen LogP contribution in [0.15, 0.2) is 53.7 Å². The third kappa shape index (κ3) is 4.14. The number of carbonyl (C=O) groups is 2. The minimum absolute atomic E-state index is 0.0333. The number of hydrogen-bond donors (Lipinski definition) is 3. The number of halogens is 4. The van der Waals surface area contributed by atoms with Gasteiger partial charge in [-0.2, -0.15) is 0 Å². The van der Waals surface area contributed by atoms with E-state index in [0.717, 1.165) is 10.8 Å². The highest BCUT2D eigenvalue weighted by atomic mass is 32.2. The first kappa shape index (κ1) is 23.7. The number of fused-ring (bicyclic) bond motifs is 1. The second-order valence-corrected chi connectivity index (χ2v) is 8.76. The number of benzene rings is 2. The molecule has 0 spiro atoms. The summed E-state index contributed by atoms with van der Waals surface area (Å²) in [5.74, 6) is -8.55. The number of carboxylic acids is 1. The van der Waals surface area contributed by atoms with Gasteiger partial charge < -0.3 is 10.8 Å². The molecular weight excluding hydrogens is 496 g/mol. The van der Waals surface area contributed by atoms with Gasteiger partial charge in [0.2, 0.25) is 0 Å². The molecular formula is C21H12F4N4O5S. The second-order valence-electron chi connectivity index (χ2n) is 7.11. The lowest BCUT2D eigenvalue weighted by molar-refractivity contribution is 0.0696. The van der Waals surface area contributed by atoms with Crippen LogP contribution in [0.5, 0.6) is 0 Å². The molecule has 9 nitrogen and oxygen atoms in total. The molecule has 2 aromatic carbocycles. The summed E-state index contributed by atoms with van der Waals surface area (Å²) in [5.41, 5.74) is 2.01. The lowest BCUT2D eigenvalue weighted by Gasteiger charge is -2.17. The number of primary amides is 1. The van der Waals surface area contributed by atoms with Crippen molar-refractivity contribution >= 4 is 38.6 Å². The molecule has 0 aliphatic rings. The van der Waals surface area contributed by atoms with Crippen LogP contribution in [0.25, 0.3) is 16.7 Å². The van der Waals surface area contributed by atoms with E-state index in [9.17, 15) is 31.2 Å². The zero-order valence-corrected chi connectivity index (χ0v) is 17.9. The molecule has 0 fully saturated rings. The Morgan fingerprint density at radius 3 is 2.37 bits per heavy atom. The molecule has 0 radical (unpaired) electrons. The fourth-order valence-corrected chi connectivity index (χ4v) is 4.47. The Kier molecular flexibility index (Phi) is 5.68. The topological polar surface area (TPSA) is 144 Å². The van der Waals surface area contributed by atoms with Gasteiger partial charge in [0.15, 0.2) is 5.82 Å². The van der Waals surface area contributed by atoms with Gasteiger partial charge in [0, 0.05) is 29.9 Å². The van der Waals surface area contributed by atoms with Crippen molar-refractivity contribution < 1.29 is 40.7 Å². The summed E-state index contributed by atoms with van der Waals surface area (Å²) in [6.07, 6.45) is 2.17. The first-order valence-corrected chi connectivity index (χ1v) is 10.9. The molecule has 14 heteroatoms. The van der Waals surface area contributed by atoms with Crippen LogP contribution in [-0.2, 0) is 10.0 Å². The van der Waals surface area contributed by atoms with Crippen LogP contribution in [0, 0.1) is 23.3 Å². The van der Waals surface area contributed by atoms with Crippen molar-refractivity contribution in [1.82, 2.24) is 9.55 Å². The smallest absolute Gasteiger partial charge is 0.337 e. The zero-order valence-electron chi connectivity index (χ0n) is 17.1. The molecule has 0 aliphatic heterocycles. The predicted octanol–water partition coefficient (Wildman–Crippen LogP) is 3.18. The molecule has 4 aromatic rings. The quantitative estimate of drug-likeness (QED) is 0.341. The van der Waals surface area contributed by atoms with Crippen molar-refractivity contribution in [2.24, 2.45) is 5.73 Å². The SMILES string of the molecule is NC(=O)c1c(F)cc(-n2ccc3cc(C(=O)O)cnc32)c(NS(=O)(=O)c2ccc(F)cc2F)c1F. The van der Waals surface area contributed by atoms with E-state index in [2.05, 4.69) is 4.98 Å². The van der Waals surface area contributed by atoms with Crippen molar-refractivity contribution in [3.05, 3.63) is 83.2 Å². The van der Waals surface area contributed by atoms with Crippen LogP contribution in [0.2, 0.25) is 0 Å². The van der Waals surface area contributed by atoms with Crippen LogP contribution in [0.1, 0.15) is 20.7 Å². The van der Waals surface area contributed by atoms with E-state index in [1.54, 1.807) is 4.72 Å². The molecule has 0 aliphatic carbocycles. The summed E-state index contributed by atoms with van der Waals surface area (Å²) in [7, 11) is -4.94. The Labute approximate surface area is 193 Å². The molecule has 4 rings (SSSR count). The van der Waals surface area contributed by atoms with Crippen LogP contribution in [-0.4, -0.2) is 35.0 Å². The molecule has 0 saturated carbocycles. The summed E-state index contributed by atoms with van der Waals surface area (Å²) in [4.78, 5) is 25.7. The van der Waals surface area contributed by atoms with E-state index in [4.69, 9.17) is 10.8 Å². The van der Waals surface area contributed by atoms with Crippen molar-refractivity contribution in [2.45, 2.75) is 4.90 Å².